The highest BCUT2D eigenvalue weighted by molar-refractivity contribution is 7.89. The van der Waals surface area contributed by atoms with Crippen LogP contribution in [0.25, 0.3) is 0 Å². The van der Waals surface area contributed by atoms with Crippen molar-refractivity contribution in [3.8, 4) is 5.75 Å². The molecule has 0 radical (unpaired) electrons. The molecule has 0 amide bonds. The van der Waals surface area contributed by atoms with E-state index in [1.807, 2.05) is 12.1 Å². The average molecular weight is 423 g/mol. The van der Waals surface area contributed by atoms with Crippen LogP contribution in [0.15, 0.2) is 53.7 Å². The van der Waals surface area contributed by atoms with Crippen LogP contribution in [0, 0.1) is 11.3 Å². The largest absolute Gasteiger partial charge is 0.493 e. The topological polar surface area (TPSA) is 68.7 Å². The van der Waals surface area contributed by atoms with Gasteiger partial charge in [-0.2, -0.15) is 4.31 Å². The van der Waals surface area contributed by atoms with Gasteiger partial charge in [-0.25, -0.2) is 8.42 Å². The third-order valence-corrected chi connectivity index (χ3v) is 8.14. The molecule has 1 aromatic carbocycles. The van der Waals surface area contributed by atoms with Gasteiger partial charge in [0.1, 0.15) is 10.6 Å². The molecule has 6 nitrogen and oxygen atoms in total. The van der Waals surface area contributed by atoms with Crippen molar-refractivity contribution < 1.29 is 17.9 Å². The minimum absolute atomic E-state index is 0.0850. The fraction of sp³-hybridized carbons (Fsp3) is 0.450. The standard InChI is InChI=1S/C20H23ClN2O4S/c21-18-3-1-2-4-19(18)28(24,25)23-13-16(14-27-17-5-9-22-10-6-17)20(15-23)7-11-26-12-8-20/h1-6,9-10,16H,7-8,11-15H2. The van der Waals surface area contributed by atoms with E-state index >= 15 is 0 Å². The summed E-state index contributed by atoms with van der Waals surface area (Å²) in [5.41, 5.74) is -0.139. The van der Waals surface area contributed by atoms with Crippen LogP contribution < -0.4 is 4.74 Å². The van der Waals surface area contributed by atoms with Gasteiger partial charge >= 0.3 is 0 Å². The number of hydrogen-bond donors (Lipinski definition) is 0. The number of aromatic nitrogens is 1. The Balaban J connectivity index is 1.58. The summed E-state index contributed by atoms with van der Waals surface area (Å²) >= 11 is 6.19. The van der Waals surface area contributed by atoms with Gasteiger partial charge in [-0.1, -0.05) is 23.7 Å². The lowest BCUT2D eigenvalue weighted by Crippen LogP contribution is -2.39. The summed E-state index contributed by atoms with van der Waals surface area (Å²) in [6.45, 7) is 2.63. The molecule has 8 heteroatoms. The van der Waals surface area contributed by atoms with Gasteiger partial charge in [-0.05, 0) is 42.5 Å². The lowest BCUT2D eigenvalue weighted by molar-refractivity contribution is -0.00811. The average Bonchev–Trinajstić information content (AvgIpc) is 3.06. The monoisotopic (exact) mass is 422 g/mol. The summed E-state index contributed by atoms with van der Waals surface area (Å²) in [7, 11) is -3.67. The van der Waals surface area contributed by atoms with E-state index in [1.54, 1.807) is 41.0 Å². The first-order valence-electron chi connectivity index (χ1n) is 9.37. The van der Waals surface area contributed by atoms with Crippen LogP contribution in [-0.2, 0) is 14.8 Å². The van der Waals surface area contributed by atoms with Crippen LogP contribution in [0.4, 0.5) is 0 Å². The molecule has 0 aliphatic carbocycles. The molecule has 0 N–H and O–H groups in total. The van der Waals surface area contributed by atoms with E-state index < -0.39 is 10.0 Å². The lowest BCUT2D eigenvalue weighted by Gasteiger charge is -2.37. The maximum absolute atomic E-state index is 13.3. The molecular formula is C20H23ClN2O4S. The fourth-order valence-corrected chi connectivity index (χ4v) is 6.24. The summed E-state index contributed by atoms with van der Waals surface area (Å²) in [6, 6.07) is 10.2. The third-order valence-electron chi connectivity index (χ3n) is 5.83. The second-order valence-electron chi connectivity index (χ2n) is 7.39. The fourth-order valence-electron chi connectivity index (χ4n) is 4.17. The molecule has 2 aliphatic heterocycles. The van der Waals surface area contributed by atoms with Crippen molar-refractivity contribution in [2.75, 3.05) is 32.9 Å². The molecular weight excluding hydrogens is 400 g/mol. The predicted octanol–water partition coefficient (Wildman–Crippen LogP) is 3.23. The molecule has 3 heterocycles. The van der Waals surface area contributed by atoms with Crippen LogP contribution >= 0.6 is 11.6 Å². The number of pyridine rings is 1. The van der Waals surface area contributed by atoms with Crippen molar-refractivity contribution in [2.45, 2.75) is 17.7 Å². The van der Waals surface area contributed by atoms with Crippen molar-refractivity contribution in [2.24, 2.45) is 11.3 Å². The highest BCUT2D eigenvalue weighted by Gasteiger charge is 2.51. The Morgan fingerprint density at radius 3 is 2.61 bits per heavy atom. The summed E-state index contributed by atoms with van der Waals surface area (Å²) in [6.07, 6.45) is 5.02. The Labute approximate surface area is 170 Å². The summed E-state index contributed by atoms with van der Waals surface area (Å²) in [4.78, 5) is 4.16. The number of benzene rings is 1. The smallest absolute Gasteiger partial charge is 0.244 e. The van der Waals surface area contributed by atoms with Gasteiger partial charge in [0.25, 0.3) is 0 Å². The van der Waals surface area contributed by atoms with Crippen LogP contribution in [0.2, 0.25) is 5.02 Å². The van der Waals surface area contributed by atoms with Crippen LogP contribution in [-0.4, -0.2) is 50.6 Å². The van der Waals surface area contributed by atoms with Crippen molar-refractivity contribution in [3.63, 3.8) is 0 Å². The maximum atomic E-state index is 13.3. The molecule has 0 saturated carbocycles. The Hall–Kier alpha value is -1.67. The minimum Gasteiger partial charge on any atom is -0.493 e. The van der Waals surface area contributed by atoms with Crippen LogP contribution in [0.1, 0.15) is 12.8 Å². The van der Waals surface area contributed by atoms with Gasteiger partial charge in [0.2, 0.25) is 10.0 Å². The van der Waals surface area contributed by atoms with E-state index in [4.69, 9.17) is 21.1 Å². The van der Waals surface area contributed by atoms with Gasteiger partial charge in [-0.15, -0.1) is 0 Å². The molecule has 2 aromatic rings. The van der Waals surface area contributed by atoms with Gasteiger partial charge in [0.05, 0.1) is 11.6 Å². The lowest BCUT2D eigenvalue weighted by atomic mass is 9.72. The molecule has 2 aliphatic rings. The third kappa shape index (κ3) is 3.76. The van der Waals surface area contributed by atoms with Gasteiger partial charge in [0, 0.05) is 44.6 Å². The summed E-state index contributed by atoms with van der Waals surface area (Å²) in [5, 5.41) is 0.250. The zero-order valence-corrected chi connectivity index (χ0v) is 17.0. The number of ether oxygens (including phenoxy) is 2. The molecule has 0 bridgehead atoms. The second kappa shape index (κ2) is 7.99. The highest BCUT2D eigenvalue weighted by Crippen LogP contribution is 2.46. The number of hydrogen-bond acceptors (Lipinski definition) is 5. The molecule has 1 unspecified atom stereocenters. The van der Waals surface area contributed by atoms with Gasteiger partial charge < -0.3 is 9.47 Å². The van der Waals surface area contributed by atoms with Crippen LogP contribution in [0.3, 0.4) is 0 Å². The Morgan fingerprint density at radius 1 is 1.18 bits per heavy atom. The van der Waals surface area contributed by atoms with Crippen molar-refractivity contribution in [1.82, 2.24) is 9.29 Å². The van der Waals surface area contributed by atoms with Crippen molar-refractivity contribution in [1.29, 1.82) is 0 Å². The molecule has 1 aromatic heterocycles. The quantitative estimate of drug-likeness (QED) is 0.739. The van der Waals surface area contributed by atoms with Crippen LogP contribution in [0.5, 0.6) is 5.75 Å². The number of rotatable bonds is 5. The first-order valence-corrected chi connectivity index (χ1v) is 11.2. The molecule has 2 fully saturated rings. The van der Waals surface area contributed by atoms with E-state index in [1.165, 1.54) is 0 Å². The minimum atomic E-state index is -3.67. The summed E-state index contributed by atoms with van der Waals surface area (Å²) < 4.78 is 39.6. The first-order chi connectivity index (χ1) is 13.5. The molecule has 28 heavy (non-hydrogen) atoms. The number of nitrogens with zero attached hydrogens (tertiary/aromatic N) is 2. The van der Waals surface area contributed by atoms with E-state index in [-0.39, 0.29) is 21.3 Å². The first kappa shape index (κ1) is 19.6. The molecule has 2 saturated heterocycles. The summed E-state index contributed by atoms with van der Waals surface area (Å²) in [5.74, 6) is 0.825. The van der Waals surface area contributed by atoms with Gasteiger partial charge in [-0.3, -0.25) is 4.98 Å². The normalized spacial score (nSPS) is 22.4. The Morgan fingerprint density at radius 2 is 1.89 bits per heavy atom. The van der Waals surface area contributed by atoms with E-state index in [2.05, 4.69) is 4.98 Å². The Bertz CT molecular complexity index is 917. The predicted molar refractivity (Wildman–Crippen MR) is 106 cm³/mol. The zero-order chi connectivity index (χ0) is 19.6. The van der Waals surface area contributed by atoms with Gasteiger partial charge in [0.15, 0.2) is 0 Å². The molecule has 1 atom stereocenters. The maximum Gasteiger partial charge on any atom is 0.244 e. The van der Waals surface area contributed by atoms with Crippen molar-refractivity contribution >= 4 is 21.6 Å². The molecule has 4 rings (SSSR count). The highest BCUT2D eigenvalue weighted by atomic mass is 35.5. The SMILES string of the molecule is O=S(=O)(c1ccccc1Cl)N1CC(COc2ccncc2)C2(CCOCC2)C1. The van der Waals surface area contributed by atoms with E-state index in [9.17, 15) is 8.42 Å². The molecule has 1 spiro atoms. The number of halogens is 1. The molecule has 150 valence electrons. The number of sulfonamides is 1. The van der Waals surface area contributed by atoms with E-state index in [0.717, 1.165) is 18.6 Å². The second-order valence-corrected chi connectivity index (χ2v) is 9.71. The van der Waals surface area contributed by atoms with E-state index in [0.29, 0.717) is 32.9 Å². The van der Waals surface area contributed by atoms with Crippen molar-refractivity contribution in [3.05, 3.63) is 53.8 Å². The Kier molecular flexibility index (Phi) is 5.60. The zero-order valence-electron chi connectivity index (χ0n) is 15.5.